The summed E-state index contributed by atoms with van der Waals surface area (Å²) in [5.74, 6) is 0. The molecule has 0 atom stereocenters. The maximum absolute atomic E-state index is 12.2. The van der Waals surface area contributed by atoms with Crippen LogP contribution in [0.3, 0.4) is 0 Å². The highest BCUT2D eigenvalue weighted by molar-refractivity contribution is 7.92. The number of hydrogen-bond donors (Lipinski definition) is 2. The van der Waals surface area contributed by atoms with E-state index in [0.717, 1.165) is 0 Å². The number of rotatable bonds is 4. The standard InChI is InChI=1S/C12H15ClN4O2S/c1-3-17-6-12(15-7-17)20(18,19)16-11-5-9(13)10(14)4-8(11)2/h4-7,16H,3,14H2,1-2H3. The van der Waals surface area contributed by atoms with Crippen LogP contribution in [0, 0.1) is 6.92 Å². The van der Waals surface area contributed by atoms with Crippen LogP contribution in [0.4, 0.5) is 11.4 Å². The van der Waals surface area contributed by atoms with Crippen LogP contribution in [-0.4, -0.2) is 18.0 Å². The van der Waals surface area contributed by atoms with Crippen molar-refractivity contribution in [2.45, 2.75) is 25.4 Å². The van der Waals surface area contributed by atoms with Crippen molar-refractivity contribution < 1.29 is 8.42 Å². The SMILES string of the molecule is CCn1cnc(S(=O)(=O)Nc2cc(Cl)c(N)cc2C)c1. The lowest BCUT2D eigenvalue weighted by Gasteiger charge is -2.10. The van der Waals surface area contributed by atoms with Crippen LogP contribution in [0.15, 0.2) is 29.7 Å². The first kappa shape index (κ1) is 14.7. The number of nitrogen functional groups attached to an aromatic ring is 1. The second-order valence-corrected chi connectivity index (χ2v) is 6.37. The maximum atomic E-state index is 12.2. The average molecular weight is 315 g/mol. The van der Waals surface area contributed by atoms with Crippen molar-refractivity contribution in [2.24, 2.45) is 0 Å². The molecule has 0 unspecified atom stereocenters. The predicted molar refractivity (Wildman–Crippen MR) is 79.3 cm³/mol. The maximum Gasteiger partial charge on any atom is 0.280 e. The Morgan fingerprint density at radius 2 is 2.15 bits per heavy atom. The molecule has 8 heteroatoms. The molecule has 2 rings (SSSR count). The summed E-state index contributed by atoms with van der Waals surface area (Å²) in [5, 5.41) is 0.263. The number of nitrogens with one attached hydrogen (secondary N) is 1. The van der Waals surface area contributed by atoms with Gasteiger partial charge in [0.2, 0.25) is 0 Å². The number of imidazole rings is 1. The van der Waals surface area contributed by atoms with Gasteiger partial charge in [0.25, 0.3) is 10.0 Å². The quantitative estimate of drug-likeness (QED) is 0.847. The first-order chi connectivity index (χ1) is 9.33. The summed E-state index contributed by atoms with van der Waals surface area (Å²) in [7, 11) is -3.74. The zero-order valence-electron chi connectivity index (χ0n) is 11.1. The third-order valence-corrected chi connectivity index (χ3v) is 4.42. The molecule has 0 aliphatic rings. The van der Waals surface area contributed by atoms with Gasteiger partial charge in [-0.05, 0) is 31.5 Å². The van der Waals surface area contributed by atoms with E-state index in [9.17, 15) is 8.42 Å². The molecule has 0 fully saturated rings. The molecule has 6 nitrogen and oxygen atoms in total. The molecule has 0 bridgehead atoms. The van der Waals surface area contributed by atoms with Gasteiger partial charge >= 0.3 is 0 Å². The molecule has 1 aromatic carbocycles. The monoisotopic (exact) mass is 314 g/mol. The fourth-order valence-corrected chi connectivity index (χ4v) is 2.90. The van der Waals surface area contributed by atoms with Crippen LogP contribution in [0.5, 0.6) is 0 Å². The highest BCUT2D eigenvalue weighted by Gasteiger charge is 2.18. The van der Waals surface area contributed by atoms with E-state index < -0.39 is 10.0 Å². The first-order valence-electron chi connectivity index (χ1n) is 5.93. The molecule has 0 saturated carbocycles. The number of halogens is 1. The Kier molecular flexibility index (Phi) is 3.92. The van der Waals surface area contributed by atoms with Gasteiger partial charge in [0.1, 0.15) is 0 Å². The van der Waals surface area contributed by atoms with E-state index in [2.05, 4.69) is 9.71 Å². The molecular formula is C12H15ClN4O2S. The number of hydrogen-bond acceptors (Lipinski definition) is 4. The summed E-state index contributed by atoms with van der Waals surface area (Å²) in [4.78, 5) is 3.88. The van der Waals surface area contributed by atoms with Gasteiger partial charge in [-0.25, -0.2) is 4.98 Å². The molecule has 20 heavy (non-hydrogen) atoms. The third-order valence-electron chi connectivity index (χ3n) is 2.84. The minimum absolute atomic E-state index is 0.0355. The Hall–Kier alpha value is -1.73. The van der Waals surface area contributed by atoms with Crippen LogP contribution in [-0.2, 0) is 16.6 Å². The molecule has 1 heterocycles. The fourth-order valence-electron chi connectivity index (χ4n) is 1.66. The highest BCUT2D eigenvalue weighted by atomic mass is 35.5. The lowest BCUT2D eigenvalue weighted by Crippen LogP contribution is -2.14. The van der Waals surface area contributed by atoms with E-state index in [1.54, 1.807) is 17.6 Å². The van der Waals surface area contributed by atoms with Gasteiger partial charge in [-0.3, -0.25) is 4.72 Å². The number of nitrogens with two attached hydrogens (primary N) is 1. The largest absolute Gasteiger partial charge is 0.398 e. The predicted octanol–water partition coefficient (Wildman–Crippen LogP) is 2.25. The summed E-state index contributed by atoms with van der Waals surface area (Å²) >= 11 is 5.91. The van der Waals surface area contributed by atoms with Gasteiger partial charge in [0.15, 0.2) is 5.03 Å². The van der Waals surface area contributed by atoms with Crippen molar-refractivity contribution >= 4 is 33.0 Å². The molecular weight excluding hydrogens is 300 g/mol. The third kappa shape index (κ3) is 2.88. The average Bonchev–Trinajstić information content (AvgIpc) is 2.85. The zero-order chi connectivity index (χ0) is 14.9. The summed E-state index contributed by atoms with van der Waals surface area (Å²) in [6, 6.07) is 3.10. The number of aryl methyl sites for hydroxylation is 2. The Labute approximate surface area is 122 Å². The molecule has 0 aliphatic heterocycles. The van der Waals surface area contributed by atoms with E-state index in [1.165, 1.54) is 18.6 Å². The molecule has 2 aromatic rings. The van der Waals surface area contributed by atoms with Gasteiger partial charge in [0, 0.05) is 12.7 Å². The molecule has 1 aromatic heterocycles. The normalized spacial score (nSPS) is 11.6. The first-order valence-corrected chi connectivity index (χ1v) is 7.80. The number of sulfonamides is 1. The lowest BCUT2D eigenvalue weighted by molar-refractivity contribution is 0.598. The minimum Gasteiger partial charge on any atom is -0.398 e. The Morgan fingerprint density at radius 1 is 1.45 bits per heavy atom. The summed E-state index contributed by atoms with van der Waals surface area (Å²) in [6.07, 6.45) is 2.94. The van der Waals surface area contributed by atoms with Crippen LogP contribution >= 0.6 is 11.6 Å². The molecule has 0 aliphatic carbocycles. The van der Waals surface area contributed by atoms with Gasteiger partial charge in [-0.2, -0.15) is 8.42 Å². The van der Waals surface area contributed by atoms with Crippen molar-refractivity contribution in [1.82, 2.24) is 9.55 Å². The topological polar surface area (TPSA) is 90.0 Å². The Bertz CT molecular complexity index is 740. The summed E-state index contributed by atoms with van der Waals surface area (Å²) < 4.78 is 28.6. The number of anilines is 2. The van der Waals surface area contributed by atoms with E-state index in [-0.39, 0.29) is 5.03 Å². The van der Waals surface area contributed by atoms with Crippen molar-refractivity contribution in [1.29, 1.82) is 0 Å². The van der Waals surface area contributed by atoms with Crippen molar-refractivity contribution in [3.8, 4) is 0 Å². The second-order valence-electron chi connectivity index (χ2n) is 4.34. The minimum atomic E-state index is -3.74. The highest BCUT2D eigenvalue weighted by Crippen LogP contribution is 2.28. The molecule has 0 radical (unpaired) electrons. The van der Waals surface area contributed by atoms with E-state index in [0.29, 0.717) is 28.5 Å². The van der Waals surface area contributed by atoms with Gasteiger partial charge in [0.05, 0.1) is 22.7 Å². The lowest BCUT2D eigenvalue weighted by atomic mass is 10.2. The van der Waals surface area contributed by atoms with Gasteiger partial charge in [-0.15, -0.1) is 0 Å². The summed E-state index contributed by atoms with van der Waals surface area (Å²) in [5.41, 5.74) is 7.14. The van der Waals surface area contributed by atoms with Crippen LogP contribution in [0.25, 0.3) is 0 Å². The van der Waals surface area contributed by atoms with Crippen molar-refractivity contribution in [3.63, 3.8) is 0 Å². The van der Waals surface area contributed by atoms with Gasteiger partial charge in [-0.1, -0.05) is 11.6 Å². The molecule has 108 valence electrons. The van der Waals surface area contributed by atoms with E-state index in [4.69, 9.17) is 17.3 Å². The second kappa shape index (κ2) is 5.34. The van der Waals surface area contributed by atoms with Crippen LogP contribution < -0.4 is 10.5 Å². The fraction of sp³-hybridized carbons (Fsp3) is 0.250. The molecule has 0 saturated heterocycles. The molecule has 0 amide bonds. The van der Waals surface area contributed by atoms with E-state index >= 15 is 0 Å². The zero-order valence-corrected chi connectivity index (χ0v) is 12.7. The van der Waals surface area contributed by atoms with Crippen molar-refractivity contribution in [3.05, 3.63) is 35.2 Å². The number of nitrogens with zero attached hydrogens (tertiary/aromatic N) is 2. The van der Waals surface area contributed by atoms with Crippen molar-refractivity contribution in [2.75, 3.05) is 10.5 Å². The van der Waals surface area contributed by atoms with E-state index in [1.807, 2.05) is 6.92 Å². The summed E-state index contributed by atoms with van der Waals surface area (Å²) in [6.45, 7) is 4.29. The molecule has 3 N–H and O–H groups in total. The van der Waals surface area contributed by atoms with Crippen LogP contribution in [0.2, 0.25) is 5.02 Å². The Balaban J connectivity index is 2.35. The number of aromatic nitrogens is 2. The Morgan fingerprint density at radius 3 is 2.75 bits per heavy atom. The van der Waals surface area contributed by atoms with Gasteiger partial charge < -0.3 is 10.3 Å². The number of benzene rings is 1. The van der Waals surface area contributed by atoms with Crippen LogP contribution in [0.1, 0.15) is 12.5 Å². The smallest absolute Gasteiger partial charge is 0.280 e. The molecule has 0 spiro atoms.